The number of nitrogens with two attached hydrogens (primary N) is 1. The molecule has 1 rings (SSSR count). The molecule has 0 aliphatic carbocycles. The van der Waals surface area contributed by atoms with Crippen molar-refractivity contribution in [3.05, 3.63) is 29.3 Å². The number of ether oxygens (including phenoxy) is 2. The molecule has 0 saturated carbocycles. The van der Waals surface area contributed by atoms with Gasteiger partial charge in [0.1, 0.15) is 0 Å². The highest BCUT2D eigenvalue weighted by Gasteiger charge is 2.24. The maximum absolute atomic E-state index is 12.7. The van der Waals surface area contributed by atoms with Gasteiger partial charge in [0.05, 0.1) is 18.1 Å². The maximum Gasteiger partial charge on any atom is 0.243 e. The zero-order valence-corrected chi connectivity index (χ0v) is 13.6. The first-order valence-corrected chi connectivity index (χ1v) is 8.19. The van der Waals surface area contributed by atoms with Gasteiger partial charge in [0, 0.05) is 33.9 Å². The van der Waals surface area contributed by atoms with E-state index in [1.807, 2.05) is 6.92 Å². The summed E-state index contributed by atoms with van der Waals surface area (Å²) in [5.74, 6) is 0. The van der Waals surface area contributed by atoms with Crippen molar-refractivity contribution in [2.45, 2.75) is 18.4 Å². The van der Waals surface area contributed by atoms with Gasteiger partial charge in [-0.05, 0) is 30.2 Å². The number of rotatable bonds is 9. The Balaban J connectivity index is 3.08. The SMILES string of the molecule is COCCN(CCOC)S(=O)(=O)c1ccc(C)c(CN)c1. The van der Waals surface area contributed by atoms with Gasteiger partial charge in [-0.15, -0.1) is 0 Å². The van der Waals surface area contributed by atoms with E-state index in [2.05, 4.69) is 0 Å². The Bertz CT molecular complexity index is 538. The maximum atomic E-state index is 12.7. The molecule has 120 valence electrons. The first-order chi connectivity index (χ1) is 9.97. The van der Waals surface area contributed by atoms with Crippen LogP contribution < -0.4 is 5.73 Å². The molecule has 0 aliphatic heterocycles. The predicted molar refractivity (Wildman–Crippen MR) is 81.6 cm³/mol. The average molecular weight is 316 g/mol. The van der Waals surface area contributed by atoms with Gasteiger partial charge in [0.2, 0.25) is 10.0 Å². The van der Waals surface area contributed by atoms with Crippen LogP contribution in [0.4, 0.5) is 0 Å². The summed E-state index contributed by atoms with van der Waals surface area (Å²) < 4.78 is 36.7. The predicted octanol–water partition coefficient (Wildman–Crippen LogP) is 0.737. The molecule has 0 saturated heterocycles. The number of benzene rings is 1. The standard InChI is InChI=1S/C14H24N2O4S/c1-12-4-5-14(10-13(12)11-15)21(17,18)16(6-8-19-2)7-9-20-3/h4-5,10H,6-9,11,15H2,1-3H3. The van der Waals surface area contributed by atoms with Crippen LogP contribution in [0.25, 0.3) is 0 Å². The van der Waals surface area contributed by atoms with Crippen molar-refractivity contribution >= 4 is 10.0 Å². The molecule has 0 bridgehead atoms. The van der Waals surface area contributed by atoms with Crippen LogP contribution in [0.15, 0.2) is 23.1 Å². The summed E-state index contributed by atoms with van der Waals surface area (Å²) in [6, 6.07) is 5.02. The molecule has 0 aromatic heterocycles. The van der Waals surface area contributed by atoms with E-state index in [4.69, 9.17) is 15.2 Å². The lowest BCUT2D eigenvalue weighted by atomic mass is 10.1. The molecule has 0 unspecified atom stereocenters. The normalized spacial score (nSPS) is 12.0. The second-order valence-electron chi connectivity index (χ2n) is 4.68. The van der Waals surface area contributed by atoms with Crippen molar-refractivity contribution in [2.75, 3.05) is 40.5 Å². The van der Waals surface area contributed by atoms with Crippen molar-refractivity contribution in [1.82, 2.24) is 4.31 Å². The number of methoxy groups -OCH3 is 2. The van der Waals surface area contributed by atoms with E-state index in [-0.39, 0.29) is 18.0 Å². The Morgan fingerprint density at radius 1 is 1.14 bits per heavy atom. The average Bonchev–Trinajstić information content (AvgIpc) is 2.47. The number of sulfonamides is 1. The number of aryl methyl sites for hydroxylation is 1. The Labute approximate surface area is 126 Å². The summed E-state index contributed by atoms with van der Waals surface area (Å²) in [4.78, 5) is 0.251. The van der Waals surface area contributed by atoms with Crippen molar-refractivity contribution in [2.24, 2.45) is 5.73 Å². The minimum absolute atomic E-state index is 0.251. The van der Waals surface area contributed by atoms with Crippen LogP contribution in [-0.4, -0.2) is 53.2 Å². The van der Waals surface area contributed by atoms with Crippen LogP contribution >= 0.6 is 0 Å². The van der Waals surface area contributed by atoms with E-state index < -0.39 is 10.0 Å². The Hall–Kier alpha value is -0.990. The third-order valence-corrected chi connectivity index (χ3v) is 5.16. The molecular weight excluding hydrogens is 292 g/mol. The van der Waals surface area contributed by atoms with Gasteiger partial charge < -0.3 is 15.2 Å². The van der Waals surface area contributed by atoms with Gasteiger partial charge in [0.15, 0.2) is 0 Å². The van der Waals surface area contributed by atoms with Gasteiger partial charge in [-0.25, -0.2) is 8.42 Å². The fourth-order valence-electron chi connectivity index (χ4n) is 1.92. The lowest BCUT2D eigenvalue weighted by Crippen LogP contribution is -2.36. The third kappa shape index (κ3) is 4.76. The Morgan fingerprint density at radius 2 is 1.71 bits per heavy atom. The summed E-state index contributed by atoms with van der Waals surface area (Å²) in [6.45, 7) is 3.46. The Kier molecular flexibility index (Phi) is 7.27. The molecule has 0 atom stereocenters. The van der Waals surface area contributed by atoms with E-state index in [1.165, 1.54) is 4.31 Å². The van der Waals surface area contributed by atoms with E-state index in [9.17, 15) is 8.42 Å². The molecular formula is C14H24N2O4S. The molecule has 0 amide bonds. The number of hydrogen-bond donors (Lipinski definition) is 1. The molecule has 0 fully saturated rings. The second-order valence-corrected chi connectivity index (χ2v) is 6.62. The first kappa shape index (κ1) is 18.1. The van der Waals surface area contributed by atoms with Crippen LogP contribution in [0.1, 0.15) is 11.1 Å². The molecule has 1 aromatic rings. The first-order valence-electron chi connectivity index (χ1n) is 6.75. The van der Waals surface area contributed by atoms with E-state index >= 15 is 0 Å². The zero-order valence-electron chi connectivity index (χ0n) is 12.8. The number of hydrogen-bond acceptors (Lipinski definition) is 5. The van der Waals surface area contributed by atoms with Gasteiger partial charge in [0.25, 0.3) is 0 Å². The smallest absolute Gasteiger partial charge is 0.243 e. The summed E-state index contributed by atoms with van der Waals surface area (Å²) >= 11 is 0. The van der Waals surface area contributed by atoms with Crippen LogP contribution in [0.5, 0.6) is 0 Å². The second kappa shape index (κ2) is 8.45. The minimum Gasteiger partial charge on any atom is -0.383 e. The van der Waals surface area contributed by atoms with Crippen LogP contribution in [-0.2, 0) is 26.0 Å². The molecule has 0 aliphatic rings. The van der Waals surface area contributed by atoms with Crippen molar-refractivity contribution in [3.8, 4) is 0 Å². The van der Waals surface area contributed by atoms with Crippen LogP contribution in [0.3, 0.4) is 0 Å². The molecule has 0 heterocycles. The molecule has 0 spiro atoms. The highest BCUT2D eigenvalue weighted by molar-refractivity contribution is 7.89. The Morgan fingerprint density at radius 3 is 2.19 bits per heavy atom. The zero-order chi connectivity index (χ0) is 15.9. The van der Waals surface area contributed by atoms with E-state index in [0.29, 0.717) is 19.8 Å². The van der Waals surface area contributed by atoms with Crippen molar-refractivity contribution in [1.29, 1.82) is 0 Å². The molecule has 1 aromatic carbocycles. The van der Waals surface area contributed by atoms with Crippen LogP contribution in [0.2, 0.25) is 0 Å². The highest BCUT2D eigenvalue weighted by atomic mass is 32.2. The van der Waals surface area contributed by atoms with Crippen LogP contribution in [0, 0.1) is 6.92 Å². The lowest BCUT2D eigenvalue weighted by Gasteiger charge is -2.22. The molecule has 6 nitrogen and oxygen atoms in total. The topological polar surface area (TPSA) is 81.9 Å². The number of nitrogens with zero attached hydrogens (tertiary/aromatic N) is 1. The third-order valence-electron chi connectivity index (χ3n) is 3.27. The summed E-state index contributed by atoms with van der Waals surface area (Å²) in [7, 11) is -0.495. The molecule has 0 radical (unpaired) electrons. The van der Waals surface area contributed by atoms with Crippen molar-refractivity contribution in [3.63, 3.8) is 0 Å². The van der Waals surface area contributed by atoms with E-state index in [1.54, 1.807) is 32.4 Å². The van der Waals surface area contributed by atoms with Crippen molar-refractivity contribution < 1.29 is 17.9 Å². The molecule has 7 heteroatoms. The fourth-order valence-corrected chi connectivity index (χ4v) is 3.37. The quantitative estimate of drug-likeness (QED) is 0.726. The van der Waals surface area contributed by atoms with Gasteiger partial charge in [-0.2, -0.15) is 4.31 Å². The summed E-state index contributed by atoms with van der Waals surface area (Å²) in [6.07, 6.45) is 0. The van der Waals surface area contributed by atoms with E-state index in [0.717, 1.165) is 11.1 Å². The highest BCUT2D eigenvalue weighted by Crippen LogP contribution is 2.19. The van der Waals surface area contributed by atoms with Gasteiger partial charge in [-0.1, -0.05) is 6.07 Å². The largest absolute Gasteiger partial charge is 0.383 e. The minimum atomic E-state index is -3.58. The summed E-state index contributed by atoms with van der Waals surface area (Å²) in [5, 5.41) is 0. The monoisotopic (exact) mass is 316 g/mol. The van der Waals surface area contributed by atoms with Gasteiger partial charge >= 0.3 is 0 Å². The molecule has 2 N–H and O–H groups in total. The molecule has 21 heavy (non-hydrogen) atoms. The lowest BCUT2D eigenvalue weighted by molar-refractivity contribution is 0.150. The summed E-state index contributed by atoms with van der Waals surface area (Å²) in [5.41, 5.74) is 7.46. The fraction of sp³-hybridized carbons (Fsp3) is 0.571. The van der Waals surface area contributed by atoms with Gasteiger partial charge in [-0.3, -0.25) is 0 Å².